The van der Waals surface area contributed by atoms with Crippen LogP contribution in [0.2, 0.25) is 0 Å². The summed E-state index contributed by atoms with van der Waals surface area (Å²) in [6.45, 7) is 3.75. The smallest absolute Gasteiger partial charge is 0.233 e. The molecule has 0 aromatic carbocycles. The lowest BCUT2D eigenvalue weighted by molar-refractivity contribution is -0.133. The Bertz CT molecular complexity index is 982. The molecule has 29 heavy (non-hydrogen) atoms. The van der Waals surface area contributed by atoms with Gasteiger partial charge in [0.1, 0.15) is 17.3 Å². The van der Waals surface area contributed by atoms with Gasteiger partial charge in [0.2, 0.25) is 5.91 Å². The van der Waals surface area contributed by atoms with Crippen LogP contribution in [-0.4, -0.2) is 66.7 Å². The molecule has 9 heteroatoms. The summed E-state index contributed by atoms with van der Waals surface area (Å²) in [4.78, 5) is 30.3. The number of pyridine rings is 1. The standard InChI is InChI=1S/C20H22N8O/c29-20(27-12-10-26(11-13-27)17-5-1-2-6-23-17)15-4-3-9-28-18(15)24-25-19(28)16-14-21-7-8-22-16/h1-2,5-8,14-15H,3-4,9-13H2. The van der Waals surface area contributed by atoms with Gasteiger partial charge in [-0.2, -0.15) is 0 Å². The van der Waals surface area contributed by atoms with Crippen LogP contribution >= 0.6 is 0 Å². The fourth-order valence-electron chi connectivity index (χ4n) is 4.13. The maximum absolute atomic E-state index is 13.3. The highest BCUT2D eigenvalue weighted by atomic mass is 16.2. The Hall–Kier alpha value is -3.36. The summed E-state index contributed by atoms with van der Waals surface area (Å²) in [6.07, 6.45) is 8.48. The number of rotatable bonds is 3. The van der Waals surface area contributed by atoms with Crippen molar-refractivity contribution >= 4 is 11.7 Å². The number of fused-ring (bicyclic) bond motifs is 1. The molecule has 5 heterocycles. The van der Waals surface area contributed by atoms with Gasteiger partial charge in [0, 0.05) is 51.3 Å². The lowest BCUT2D eigenvalue weighted by atomic mass is 9.96. The fourth-order valence-corrected chi connectivity index (χ4v) is 4.13. The summed E-state index contributed by atoms with van der Waals surface area (Å²) in [5, 5.41) is 8.69. The number of hydrogen-bond acceptors (Lipinski definition) is 7. The molecule has 0 saturated carbocycles. The Morgan fingerprint density at radius 1 is 0.966 bits per heavy atom. The molecule has 0 spiro atoms. The normalized spacial score (nSPS) is 19.1. The van der Waals surface area contributed by atoms with E-state index in [0.29, 0.717) is 24.6 Å². The van der Waals surface area contributed by atoms with Gasteiger partial charge >= 0.3 is 0 Å². The molecule has 3 aromatic rings. The second-order valence-electron chi connectivity index (χ2n) is 7.32. The molecule has 1 unspecified atom stereocenters. The van der Waals surface area contributed by atoms with Gasteiger partial charge in [-0.05, 0) is 25.0 Å². The number of nitrogens with zero attached hydrogens (tertiary/aromatic N) is 8. The van der Waals surface area contributed by atoms with E-state index in [9.17, 15) is 4.79 Å². The van der Waals surface area contributed by atoms with Crippen LogP contribution in [0.4, 0.5) is 5.82 Å². The highest BCUT2D eigenvalue weighted by Gasteiger charge is 2.35. The molecule has 1 atom stereocenters. The van der Waals surface area contributed by atoms with Crippen LogP contribution < -0.4 is 4.90 Å². The van der Waals surface area contributed by atoms with E-state index in [2.05, 4.69) is 30.0 Å². The first-order valence-corrected chi connectivity index (χ1v) is 9.95. The Morgan fingerprint density at radius 2 is 1.86 bits per heavy atom. The molecule has 0 aliphatic carbocycles. The molecular formula is C20H22N8O. The van der Waals surface area contributed by atoms with Gasteiger partial charge in [-0.1, -0.05) is 6.07 Å². The zero-order chi connectivity index (χ0) is 19.6. The third-order valence-electron chi connectivity index (χ3n) is 5.62. The summed E-state index contributed by atoms with van der Waals surface area (Å²) in [5.74, 6) is 2.29. The van der Waals surface area contributed by atoms with Crippen LogP contribution in [0.3, 0.4) is 0 Å². The minimum atomic E-state index is -0.247. The van der Waals surface area contributed by atoms with Gasteiger partial charge in [0.25, 0.3) is 0 Å². The van der Waals surface area contributed by atoms with Gasteiger partial charge in [-0.25, -0.2) is 9.97 Å². The minimum absolute atomic E-state index is 0.143. The molecule has 1 saturated heterocycles. The van der Waals surface area contributed by atoms with Gasteiger partial charge in [-0.15, -0.1) is 10.2 Å². The molecular weight excluding hydrogens is 368 g/mol. The highest BCUT2D eigenvalue weighted by molar-refractivity contribution is 5.83. The third kappa shape index (κ3) is 3.32. The number of carbonyl (C=O) groups excluding carboxylic acids is 1. The minimum Gasteiger partial charge on any atom is -0.353 e. The van der Waals surface area contributed by atoms with Crippen LogP contribution in [0, 0.1) is 0 Å². The Kier molecular flexibility index (Phi) is 4.63. The highest BCUT2D eigenvalue weighted by Crippen LogP contribution is 2.31. The molecule has 9 nitrogen and oxygen atoms in total. The van der Waals surface area contributed by atoms with E-state index in [0.717, 1.165) is 44.1 Å². The van der Waals surface area contributed by atoms with Crippen LogP contribution in [0.15, 0.2) is 43.0 Å². The quantitative estimate of drug-likeness (QED) is 0.666. The number of anilines is 1. The van der Waals surface area contributed by atoms with E-state index in [1.54, 1.807) is 24.8 Å². The summed E-state index contributed by atoms with van der Waals surface area (Å²) in [6, 6.07) is 5.91. The van der Waals surface area contributed by atoms with Crippen molar-refractivity contribution in [1.82, 2.24) is 34.6 Å². The average Bonchev–Trinajstić information content (AvgIpc) is 3.24. The van der Waals surface area contributed by atoms with Gasteiger partial charge < -0.3 is 14.4 Å². The van der Waals surface area contributed by atoms with Crippen molar-refractivity contribution in [2.24, 2.45) is 0 Å². The van der Waals surface area contributed by atoms with Crippen molar-refractivity contribution in [2.75, 3.05) is 31.1 Å². The maximum atomic E-state index is 13.3. The fraction of sp³-hybridized carbons (Fsp3) is 0.400. The summed E-state index contributed by atoms with van der Waals surface area (Å²) in [5.41, 5.74) is 0.684. The second-order valence-corrected chi connectivity index (χ2v) is 7.32. The number of carbonyl (C=O) groups is 1. The summed E-state index contributed by atoms with van der Waals surface area (Å²) in [7, 11) is 0. The zero-order valence-electron chi connectivity index (χ0n) is 16.1. The summed E-state index contributed by atoms with van der Waals surface area (Å²) >= 11 is 0. The van der Waals surface area contributed by atoms with Crippen molar-refractivity contribution in [2.45, 2.75) is 25.3 Å². The molecule has 2 aliphatic heterocycles. The van der Waals surface area contributed by atoms with Crippen molar-refractivity contribution < 1.29 is 4.79 Å². The number of aromatic nitrogens is 6. The SMILES string of the molecule is O=C(C1CCCn2c(-c3cnccn3)nnc21)N1CCN(c2ccccn2)CC1. The predicted octanol–water partition coefficient (Wildman–Crippen LogP) is 1.36. The lowest BCUT2D eigenvalue weighted by Crippen LogP contribution is -2.50. The number of hydrogen-bond donors (Lipinski definition) is 0. The van der Waals surface area contributed by atoms with E-state index in [-0.39, 0.29) is 11.8 Å². The molecule has 148 valence electrons. The topological polar surface area (TPSA) is 92.9 Å². The molecule has 0 radical (unpaired) electrons. The molecule has 0 bridgehead atoms. The first-order valence-electron chi connectivity index (χ1n) is 9.95. The average molecular weight is 390 g/mol. The lowest BCUT2D eigenvalue weighted by Gasteiger charge is -2.37. The Balaban J connectivity index is 1.32. The molecule has 1 fully saturated rings. The van der Waals surface area contributed by atoms with E-state index in [1.165, 1.54) is 0 Å². The third-order valence-corrected chi connectivity index (χ3v) is 5.62. The van der Waals surface area contributed by atoms with Crippen LogP contribution in [0.5, 0.6) is 0 Å². The van der Waals surface area contributed by atoms with Crippen molar-refractivity contribution in [3.8, 4) is 11.5 Å². The number of piperazine rings is 1. The van der Waals surface area contributed by atoms with E-state index in [1.807, 2.05) is 27.7 Å². The largest absolute Gasteiger partial charge is 0.353 e. The van der Waals surface area contributed by atoms with E-state index >= 15 is 0 Å². The first kappa shape index (κ1) is 17.7. The zero-order valence-corrected chi connectivity index (χ0v) is 16.1. The predicted molar refractivity (Wildman–Crippen MR) is 106 cm³/mol. The Labute approximate surface area is 168 Å². The van der Waals surface area contributed by atoms with Crippen LogP contribution in [0.25, 0.3) is 11.5 Å². The van der Waals surface area contributed by atoms with Crippen LogP contribution in [-0.2, 0) is 11.3 Å². The Morgan fingerprint density at radius 3 is 2.62 bits per heavy atom. The van der Waals surface area contributed by atoms with Gasteiger partial charge in [0.05, 0.1) is 12.1 Å². The van der Waals surface area contributed by atoms with Crippen LogP contribution in [0.1, 0.15) is 24.6 Å². The van der Waals surface area contributed by atoms with Crippen molar-refractivity contribution in [1.29, 1.82) is 0 Å². The van der Waals surface area contributed by atoms with E-state index in [4.69, 9.17) is 0 Å². The second kappa shape index (κ2) is 7.57. The molecule has 2 aliphatic rings. The maximum Gasteiger partial charge on any atom is 0.233 e. The van der Waals surface area contributed by atoms with Gasteiger partial charge in [0.15, 0.2) is 5.82 Å². The van der Waals surface area contributed by atoms with Crippen molar-refractivity contribution in [3.63, 3.8) is 0 Å². The first-order chi connectivity index (χ1) is 14.3. The van der Waals surface area contributed by atoms with E-state index < -0.39 is 0 Å². The van der Waals surface area contributed by atoms with Crippen molar-refractivity contribution in [3.05, 3.63) is 48.8 Å². The summed E-state index contributed by atoms with van der Waals surface area (Å²) < 4.78 is 2.03. The molecule has 5 rings (SSSR count). The monoisotopic (exact) mass is 390 g/mol. The molecule has 1 amide bonds. The molecule has 0 N–H and O–H groups in total. The molecule has 3 aromatic heterocycles. The number of amides is 1. The van der Waals surface area contributed by atoms with Gasteiger partial charge in [-0.3, -0.25) is 9.78 Å².